The summed E-state index contributed by atoms with van der Waals surface area (Å²) in [5.74, 6) is -0.382. The molecule has 6 heteroatoms. The van der Waals surface area contributed by atoms with E-state index in [1.165, 1.54) is 37.4 Å². The van der Waals surface area contributed by atoms with Crippen molar-refractivity contribution >= 4 is 5.78 Å². The maximum atomic E-state index is 13.7. The number of halogens is 3. The number of hydrogen-bond donors (Lipinski definition) is 0. The Labute approximate surface area is 137 Å². The molecular weight excluding hydrogens is 319 g/mol. The number of ketones is 1. The molecule has 0 radical (unpaired) electrons. The molecule has 0 amide bonds. The molecule has 0 N–H and O–H groups in total. The van der Waals surface area contributed by atoms with Crippen LogP contribution >= 0.6 is 0 Å². The third-order valence-corrected chi connectivity index (χ3v) is 3.78. The van der Waals surface area contributed by atoms with Gasteiger partial charge < -0.3 is 4.74 Å². The van der Waals surface area contributed by atoms with E-state index in [9.17, 15) is 23.2 Å². The minimum Gasteiger partial charge on any atom is -0.497 e. The van der Waals surface area contributed by atoms with Crippen LogP contribution in [-0.4, -0.2) is 19.1 Å². The predicted octanol–water partition coefficient (Wildman–Crippen LogP) is 4.29. The third kappa shape index (κ3) is 3.25. The third-order valence-electron chi connectivity index (χ3n) is 3.78. The predicted molar refractivity (Wildman–Crippen MR) is 81.7 cm³/mol. The SMILES string of the molecule is COc1ccc([C@@](C#N)(CC(=O)c2ccccc2)C(F)(F)F)cc1. The summed E-state index contributed by atoms with van der Waals surface area (Å²) in [7, 11) is 1.38. The molecule has 0 saturated heterocycles. The molecule has 24 heavy (non-hydrogen) atoms. The van der Waals surface area contributed by atoms with Crippen molar-refractivity contribution in [2.24, 2.45) is 0 Å². The van der Waals surface area contributed by atoms with Gasteiger partial charge in [0, 0.05) is 12.0 Å². The van der Waals surface area contributed by atoms with E-state index < -0.39 is 23.8 Å². The lowest BCUT2D eigenvalue weighted by Crippen LogP contribution is -2.43. The first-order chi connectivity index (χ1) is 11.3. The Kier molecular flexibility index (Phi) is 4.93. The van der Waals surface area contributed by atoms with Crippen LogP contribution in [0.2, 0.25) is 0 Å². The van der Waals surface area contributed by atoms with Crippen molar-refractivity contribution in [3.8, 4) is 11.8 Å². The van der Waals surface area contributed by atoms with Crippen molar-refractivity contribution < 1.29 is 22.7 Å². The molecule has 0 aliphatic heterocycles. The number of alkyl halides is 3. The van der Waals surface area contributed by atoms with Crippen LogP contribution in [0.4, 0.5) is 13.2 Å². The molecule has 2 rings (SSSR count). The van der Waals surface area contributed by atoms with Crippen LogP contribution in [-0.2, 0) is 5.41 Å². The summed E-state index contributed by atoms with van der Waals surface area (Å²) in [6, 6.07) is 13.9. The molecule has 124 valence electrons. The molecule has 0 heterocycles. The van der Waals surface area contributed by atoms with Gasteiger partial charge >= 0.3 is 6.18 Å². The highest BCUT2D eigenvalue weighted by atomic mass is 19.4. The highest BCUT2D eigenvalue weighted by Crippen LogP contribution is 2.44. The van der Waals surface area contributed by atoms with E-state index in [0.717, 1.165) is 12.1 Å². The summed E-state index contributed by atoms with van der Waals surface area (Å²) in [6.07, 6.45) is -5.88. The van der Waals surface area contributed by atoms with E-state index in [1.807, 2.05) is 0 Å². The summed E-state index contributed by atoms with van der Waals surface area (Å²) in [6.45, 7) is 0. The van der Waals surface area contributed by atoms with Crippen molar-refractivity contribution in [3.05, 3.63) is 65.7 Å². The molecule has 3 nitrogen and oxygen atoms in total. The number of ether oxygens (including phenoxy) is 1. The van der Waals surface area contributed by atoms with E-state index in [2.05, 4.69) is 0 Å². The fourth-order valence-electron chi connectivity index (χ4n) is 2.38. The van der Waals surface area contributed by atoms with Gasteiger partial charge in [-0.2, -0.15) is 18.4 Å². The maximum Gasteiger partial charge on any atom is 0.411 e. The molecule has 1 atom stereocenters. The summed E-state index contributed by atoms with van der Waals surface area (Å²) in [5.41, 5.74) is -3.07. The van der Waals surface area contributed by atoms with E-state index in [4.69, 9.17) is 4.74 Å². The summed E-state index contributed by atoms with van der Waals surface area (Å²) >= 11 is 0. The monoisotopic (exact) mass is 333 g/mol. The minimum atomic E-state index is -4.90. The summed E-state index contributed by atoms with van der Waals surface area (Å²) in [5, 5.41) is 9.33. The Morgan fingerprint density at radius 2 is 1.67 bits per heavy atom. The molecule has 2 aromatic rings. The van der Waals surface area contributed by atoms with Crippen molar-refractivity contribution in [2.75, 3.05) is 7.11 Å². The van der Waals surface area contributed by atoms with Gasteiger partial charge in [0.2, 0.25) is 0 Å². The number of carbonyl (C=O) groups excluding carboxylic acids is 1. The number of rotatable bonds is 5. The topological polar surface area (TPSA) is 50.1 Å². The second-order valence-electron chi connectivity index (χ2n) is 5.21. The van der Waals surface area contributed by atoms with Gasteiger partial charge in [-0.3, -0.25) is 4.79 Å². The molecule has 0 unspecified atom stereocenters. The average molecular weight is 333 g/mol. The minimum absolute atomic E-state index is 0.134. The smallest absolute Gasteiger partial charge is 0.411 e. The van der Waals surface area contributed by atoms with E-state index in [0.29, 0.717) is 5.75 Å². The number of nitrogens with zero attached hydrogens (tertiary/aromatic N) is 1. The number of benzene rings is 2. The molecule has 0 aromatic heterocycles. The largest absolute Gasteiger partial charge is 0.497 e. The molecule has 2 aromatic carbocycles. The molecule has 0 saturated carbocycles. The van der Waals surface area contributed by atoms with Gasteiger partial charge in [-0.05, 0) is 17.7 Å². The van der Waals surface area contributed by atoms with Crippen LogP contribution in [0.5, 0.6) is 5.75 Å². The lowest BCUT2D eigenvalue weighted by Gasteiger charge is -2.29. The molecular formula is C18H14F3NO2. The van der Waals surface area contributed by atoms with Crippen LogP contribution in [0, 0.1) is 11.3 Å². The van der Waals surface area contributed by atoms with Crippen LogP contribution in [0.25, 0.3) is 0 Å². The Morgan fingerprint density at radius 3 is 2.12 bits per heavy atom. The first-order valence-corrected chi connectivity index (χ1v) is 7.05. The zero-order valence-electron chi connectivity index (χ0n) is 12.8. The summed E-state index contributed by atoms with van der Waals surface area (Å²) < 4.78 is 46.1. The molecule has 0 aliphatic rings. The standard InChI is InChI=1S/C18H14F3NO2/c1-24-15-9-7-14(8-10-15)17(12-22,18(19,20)21)11-16(23)13-5-3-2-4-6-13/h2-10H,11H2,1H3/t17-/m0/s1. The van der Waals surface area contributed by atoms with Gasteiger partial charge in [0.25, 0.3) is 0 Å². The first-order valence-electron chi connectivity index (χ1n) is 7.05. The molecule has 0 aliphatic carbocycles. The van der Waals surface area contributed by atoms with E-state index >= 15 is 0 Å². The molecule has 0 bridgehead atoms. The van der Waals surface area contributed by atoms with E-state index in [1.54, 1.807) is 18.2 Å². The van der Waals surface area contributed by atoms with Crippen LogP contribution < -0.4 is 4.74 Å². The van der Waals surface area contributed by atoms with Gasteiger partial charge in [-0.15, -0.1) is 0 Å². The number of nitriles is 1. The van der Waals surface area contributed by atoms with Gasteiger partial charge in [0.1, 0.15) is 5.75 Å². The quantitative estimate of drug-likeness (QED) is 0.767. The van der Waals surface area contributed by atoms with Crippen molar-refractivity contribution in [1.29, 1.82) is 5.26 Å². The van der Waals surface area contributed by atoms with Crippen LogP contribution in [0.3, 0.4) is 0 Å². The fraction of sp³-hybridized carbons (Fsp3) is 0.222. The Morgan fingerprint density at radius 1 is 1.08 bits per heavy atom. The van der Waals surface area contributed by atoms with Gasteiger partial charge in [-0.1, -0.05) is 42.5 Å². The second-order valence-corrected chi connectivity index (χ2v) is 5.21. The average Bonchev–Trinajstić information content (AvgIpc) is 2.59. The number of carbonyl (C=O) groups is 1. The van der Waals surface area contributed by atoms with Gasteiger partial charge in [0.05, 0.1) is 13.2 Å². The van der Waals surface area contributed by atoms with Gasteiger partial charge in [0.15, 0.2) is 11.2 Å². The number of methoxy groups -OCH3 is 1. The number of hydrogen-bond acceptors (Lipinski definition) is 3. The zero-order chi connectivity index (χ0) is 17.8. The summed E-state index contributed by atoms with van der Waals surface area (Å²) in [4.78, 5) is 12.3. The second kappa shape index (κ2) is 6.75. The molecule has 0 spiro atoms. The van der Waals surface area contributed by atoms with Crippen molar-refractivity contribution in [2.45, 2.75) is 18.0 Å². The normalized spacial score (nSPS) is 13.6. The Balaban J connectivity index is 2.48. The highest BCUT2D eigenvalue weighted by Gasteiger charge is 2.57. The first kappa shape index (κ1) is 17.5. The lowest BCUT2D eigenvalue weighted by molar-refractivity contribution is -0.172. The fourth-order valence-corrected chi connectivity index (χ4v) is 2.38. The van der Waals surface area contributed by atoms with Gasteiger partial charge in [-0.25, -0.2) is 0 Å². The van der Waals surface area contributed by atoms with Crippen molar-refractivity contribution in [1.82, 2.24) is 0 Å². The Bertz CT molecular complexity index is 749. The van der Waals surface area contributed by atoms with E-state index in [-0.39, 0.29) is 11.1 Å². The van der Waals surface area contributed by atoms with Crippen molar-refractivity contribution in [3.63, 3.8) is 0 Å². The highest BCUT2D eigenvalue weighted by molar-refractivity contribution is 5.97. The number of Topliss-reactive ketones (excluding diaryl/α,β-unsaturated/α-hetero) is 1. The zero-order valence-corrected chi connectivity index (χ0v) is 12.8. The van der Waals surface area contributed by atoms with Crippen LogP contribution in [0.15, 0.2) is 54.6 Å². The van der Waals surface area contributed by atoms with Crippen LogP contribution in [0.1, 0.15) is 22.3 Å². The Hall–Kier alpha value is -2.81. The molecule has 0 fully saturated rings. The lowest BCUT2D eigenvalue weighted by atomic mass is 9.76. The maximum absolute atomic E-state index is 13.7.